The molecule has 0 spiro atoms. The van der Waals surface area contributed by atoms with Crippen LogP contribution in [-0.2, 0) is 16.8 Å². The van der Waals surface area contributed by atoms with E-state index in [1.165, 1.54) is 0 Å². The molecule has 7 heteroatoms. The van der Waals surface area contributed by atoms with E-state index in [0.717, 1.165) is 31.5 Å². The summed E-state index contributed by atoms with van der Waals surface area (Å²) in [5.41, 5.74) is 1.16. The zero-order valence-corrected chi connectivity index (χ0v) is 15.8. The summed E-state index contributed by atoms with van der Waals surface area (Å²) in [6.07, 6.45) is 3.24. The molecule has 1 amide bonds. The molecule has 7 nitrogen and oxygen atoms in total. The van der Waals surface area contributed by atoms with E-state index in [9.17, 15) is 4.79 Å². The Kier molecular flexibility index (Phi) is 5.16. The highest BCUT2D eigenvalue weighted by molar-refractivity contribution is 5.88. The minimum atomic E-state index is -0.530. The molecule has 3 heterocycles. The Labute approximate surface area is 163 Å². The van der Waals surface area contributed by atoms with Crippen molar-refractivity contribution < 1.29 is 9.32 Å². The molecule has 1 saturated heterocycles. The SMILES string of the molecule is CN1CCC(C(=O)NCc2nc(-c3ccccn3)no2)(c2ccccc2)CC1. The lowest BCUT2D eigenvalue weighted by molar-refractivity contribution is -0.128. The lowest BCUT2D eigenvalue weighted by Crippen LogP contribution is -2.50. The van der Waals surface area contributed by atoms with Crippen molar-refractivity contribution in [1.29, 1.82) is 0 Å². The Balaban J connectivity index is 1.49. The molecule has 0 atom stereocenters. The van der Waals surface area contributed by atoms with Gasteiger partial charge in [0.2, 0.25) is 17.6 Å². The summed E-state index contributed by atoms with van der Waals surface area (Å²) < 4.78 is 5.29. The molecule has 0 aliphatic carbocycles. The highest BCUT2D eigenvalue weighted by atomic mass is 16.5. The Morgan fingerprint density at radius 2 is 1.89 bits per heavy atom. The first-order valence-electron chi connectivity index (χ1n) is 9.44. The summed E-state index contributed by atoms with van der Waals surface area (Å²) in [6.45, 7) is 1.96. The minimum Gasteiger partial charge on any atom is -0.346 e. The molecule has 4 rings (SSSR count). The van der Waals surface area contributed by atoms with Crippen molar-refractivity contribution in [2.24, 2.45) is 0 Å². The quantitative estimate of drug-likeness (QED) is 0.735. The summed E-state index contributed by atoms with van der Waals surface area (Å²) >= 11 is 0. The van der Waals surface area contributed by atoms with Crippen LogP contribution in [0, 0.1) is 0 Å². The molecule has 1 aliphatic heterocycles. The predicted molar refractivity (Wildman–Crippen MR) is 104 cm³/mol. The summed E-state index contributed by atoms with van der Waals surface area (Å²) in [6, 6.07) is 15.5. The van der Waals surface area contributed by atoms with E-state index in [2.05, 4.69) is 32.4 Å². The van der Waals surface area contributed by atoms with Crippen LogP contribution in [0.3, 0.4) is 0 Å². The maximum atomic E-state index is 13.2. The molecule has 28 heavy (non-hydrogen) atoms. The van der Waals surface area contributed by atoms with Gasteiger partial charge in [-0.05, 0) is 50.7 Å². The standard InChI is InChI=1S/C21H23N5O2/c1-26-13-10-21(11-14-26,16-7-3-2-4-8-16)20(27)23-15-18-24-19(25-28-18)17-9-5-6-12-22-17/h2-9,12H,10-11,13-15H2,1H3,(H,23,27). The molecule has 3 aromatic rings. The van der Waals surface area contributed by atoms with Gasteiger partial charge in [0.15, 0.2) is 0 Å². The van der Waals surface area contributed by atoms with Crippen LogP contribution in [-0.4, -0.2) is 46.1 Å². The van der Waals surface area contributed by atoms with Gasteiger partial charge in [0, 0.05) is 6.20 Å². The fraction of sp³-hybridized carbons (Fsp3) is 0.333. The van der Waals surface area contributed by atoms with Crippen LogP contribution < -0.4 is 5.32 Å². The van der Waals surface area contributed by atoms with Crippen molar-refractivity contribution in [1.82, 2.24) is 25.3 Å². The minimum absolute atomic E-state index is 0.00406. The summed E-state index contributed by atoms with van der Waals surface area (Å²) in [4.78, 5) is 24.1. The molecule has 1 N–H and O–H groups in total. The number of pyridine rings is 1. The summed E-state index contributed by atoms with van der Waals surface area (Å²) in [5, 5.41) is 6.97. The van der Waals surface area contributed by atoms with E-state index in [0.29, 0.717) is 17.4 Å². The Bertz CT molecular complexity index is 918. The second kappa shape index (κ2) is 7.90. The smallest absolute Gasteiger partial charge is 0.246 e. The van der Waals surface area contributed by atoms with E-state index in [-0.39, 0.29) is 12.5 Å². The number of rotatable bonds is 5. The molecule has 144 valence electrons. The van der Waals surface area contributed by atoms with Crippen molar-refractivity contribution in [3.8, 4) is 11.5 Å². The average molecular weight is 377 g/mol. The molecule has 0 unspecified atom stereocenters. The van der Waals surface area contributed by atoms with Crippen molar-refractivity contribution in [3.05, 3.63) is 66.2 Å². The van der Waals surface area contributed by atoms with Crippen molar-refractivity contribution in [2.75, 3.05) is 20.1 Å². The van der Waals surface area contributed by atoms with Gasteiger partial charge in [0.05, 0.1) is 12.0 Å². The van der Waals surface area contributed by atoms with E-state index in [4.69, 9.17) is 4.52 Å². The van der Waals surface area contributed by atoms with Gasteiger partial charge in [0.25, 0.3) is 0 Å². The number of hydrogen-bond donors (Lipinski definition) is 1. The fourth-order valence-electron chi connectivity index (χ4n) is 3.66. The molecule has 0 radical (unpaired) electrons. The van der Waals surface area contributed by atoms with Crippen LogP contribution in [0.15, 0.2) is 59.3 Å². The van der Waals surface area contributed by atoms with Crippen molar-refractivity contribution in [2.45, 2.75) is 24.8 Å². The third-order valence-electron chi connectivity index (χ3n) is 5.36. The Morgan fingerprint density at radius 3 is 2.61 bits per heavy atom. The summed E-state index contributed by atoms with van der Waals surface area (Å²) in [5.74, 6) is 0.788. The molecule has 1 fully saturated rings. The normalized spacial score (nSPS) is 16.6. The molecule has 2 aromatic heterocycles. The zero-order chi connectivity index (χ0) is 19.4. The van der Waals surface area contributed by atoms with Crippen LogP contribution in [0.5, 0.6) is 0 Å². The fourth-order valence-corrected chi connectivity index (χ4v) is 3.66. The third-order valence-corrected chi connectivity index (χ3v) is 5.36. The molecular formula is C21H23N5O2. The number of likely N-dealkylation sites (tertiary alicyclic amines) is 1. The number of piperidine rings is 1. The monoisotopic (exact) mass is 377 g/mol. The number of nitrogens with zero attached hydrogens (tertiary/aromatic N) is 4. The number of aromatic nitrogens is 3. The van der Waals surface area contributed by atoms with E-state index < -0.39 is 5.41 Å². The first-order valence-corrected chi connectivity index (χ1v) is 9.44. The van der Waals surface area contributed by atoms with Gasteiger partial charge in [-0.2, -0.15) is 4.98 Å². The maximum absolute atomic E-state index is 13.2. The topological polar surface area (TPSA) is 84.2 Å². The zero-order valence-electron chi connectivity index (χ0n) is 15.8. The number of carbonyl (C=O) groups excluding carboxylic acids is 1. The van der Waals surface area contributed by atoms with Gasteiger partial charge in [0.1, 0.15) is 5.69 Å². The molecular weight excluding hydrogens is 354 g/mol. The lowest BCUT2D eigenvalue weighted by atomic mass is 9.72. The van der Waals surface area contributed by atoms with Gasteiger partial charge < -0.3 is 14.7 Å². The second-order valence-corrected chi connectivity index (χ2v) is 7.16. The maximum Gasteiger partial charge on any atom is 0.246 e. The number of hydrogen-bond acceptors (Lipinski definition) is 6. The number of nitrogens with one attached hydrogen (secondary N) is 1. The molecule has 1 aromatic carbocycles. The van der Waals surface area contributed by atoms with Crippen molar-refractivity contribution in [3.63, 3.8) is 0 Å². The van der Waals surface area contributed by atoms with Gasteiger partial charge in [-0.1, -0.05) is 41.6 Å². The predicted octanol–water partition coefficient (Wildman–Crippen LogP) is 2.41. The van der Waals surface area contributed by atoms with Gasteiger partial charge in [-0.25, -0.2) is 0 Å². The van der Waals surface area contributed by atoms with Gasteiger partial charge >= 0.3 is 0 Å². The number of carbonyl (C=O) groups is 1. The van der Waals surface area contributed by atoms with Crippen LogP contribution in [0.25, 0.3) is 11.5 Å². The highest BCUT2D eigenvalue weighted by Gasteiger charge is 2.42. The largest absolute Gasteiger partial charge is 0.346 e. The van der Waals surface area contributed by atoms with Crippen LogP contribution in [0.1, 0.15) is 24.3 Å². The van der Waals surface area contributed by atoms with Gasteiger partial charge in [-0.3, -0.25) is 9.78 Å². The van der Waals surface area contributed by atoms with E-state index >= 15 is 0 Å². The van der Waals surface area contributed by atoms with Gasteiger partial charge in [-0.15, -0.1) is 0 Å². The Hall–Kier alpha value is -3.06. The van der Waals surface area contributed by atoms with Crippen LogP contribution in [0.2, 0.25) is 0 Å². The molecule has 0 bridgehead atoms. The summed E-state index contributed by atoms with van der Waals surface area (Å²) in [7, 11) is 2.09. The van der Waals surface area contributed by atoms with E-state index in [1.54, 1.807) is 6.20 Å². The molecule has 0 saturated carbocycles. The third kappa shape index (κ3) is 3.66. The average Bonchev–Trinajstić information content (AvgIpc) is 3.23. The number of benzene rings is 1. The first kappa shape index (κ1) is 18.3. The van der Waals surface area contributed by atoms with E-state index in [1.807, 2.05) is 48.5 Å². The Morgan fingerprint density at radius 1 is 1.14 bits per heavy atom. The van der Waals surface area contributed by atoms with Crippen LogP contribution in [0.4, 0.5) is 0 Å². The first-order chi connectivity index (χ1) is 13.7. The van der Waals surface area contributed by atoms with Crippen molar-refractivity contribution >= 4 is 5.91 Å². The lowest BCUT2D eigenvalue weighted by Gasteiger charge is -2.39. The van der Waals surface area contributed by atoms with Crippen LogP contribution >= 0.6 is 0 Å². The second-order valence-electron chi connectivity index (χ2n) is 7.16. The highest BCUT2D eigenvalue weighted by Crippen LogP contribution is 2.35. The molecule has 1 aliphatic rings. The number of amides is 1.